The summed E-state index contributed by atoms with van der Waals surface area (Å²) >= 11 is 0. The third-order valence-electron chi connectivity index (χ3n) is 3.39. The standard InChI is InChI=1S/C17H17N3/c1-13-7-8-17(15(9-13)10-18)20-12-16(11-19-20)14-5-3-2-4-6-14/h2-9,11-12H,10,18H2,1H3. The molecule has 20 heavy (non-hydrogen) atoms. The van der Waals surface area contributed by atoms with Crippen LogP contribution in [0.3, 0.4) is 0 Å². The third-order valence-corrected chi connectivity index (χ3v) is 3.39. The molecule has 0 fully saturated rings. The first-order valence-corrected chi connectivity index (χ1v) is 6.68. The fourth-order valence-corrected chi connectivity index (χ4v) is 2.34. The Hall–Kier alpha value is -2.39. The number of nitrogens with zero attached hydrogens (tertiary/aromatic N) is 2. The topological polar surface area (TPSA) is 43.8 Å². The van der Waals surface area contributed by atoms with E-state index in [-0.39, 0.29) is 0 Å². The van der Waals surface area contributed by atoms with Crippen molar-refractivity contribution in [1.29, 1.82) is 0 Å². The first-order chi connectivity index (χ1) is 9.78. The Morgan fingerprint density at radius 3 is 2.60 bits per heavy atom. The molecule has 3 aromatic rings. The van der Waals surface area contributed by atoms with E-state index in [9.17, 15) is 0 Å². The van der Waals surface area contributed by atoms with Crippen LogP contribution in [0.5, 0.6) is 0 Å². The molecule has 0 unspecified atom stereocenters. The van der Waals surface area contributed by atoms with E-state index in [0.717, 1.165) is 16.8 Å². The van der Waals surface area contributed by atoms with Crippen LogP contribution in [-0.2, 0) is 6.54 Å². The summed E-state index contributed by atoms with van der Waals surface area (Å²) in [4.78, 5) is 0. The highest BCUT2D eigenvalue weighted by atomic mass is 15.3. The minimum absolute atomic E-state index is 0.511. The third kappa shape index (κ3) is 2.36. The first-order valence-electron chi connectivity index (χ1n) is 6.68. The van der Waals surface area contributed by atoms with Gasteiger partial charge in [-0.1, -0.05) is 48.0 Å². The van der Waals surface area contributed by atoms with Gasteiger partial charge in [0.25, 0.3) is 0 Å². The molecule has 0 saturated carbocycles. The van der Waals surface area contributed by atoms with Gasteiger partial charge >= 0.3 is 0 Å². The van der Waals surface area contributed by atoms with E-state index >= 15 is 0 Å². The van der Waals surface area contributed by atoms with Gasteiger partial charge in [-0.15, -0.1) is 0 Å². The van der Waals surface area contributed by atoms with Crippen LogP contribution < -0.4 is 5.73 Å². The Labute approximate surface area is 118 Å². The highest BCUT2D eigenvalue weighted by Crippen LogP contribution is 2.21. The molecule has 0 aliphatic carbocycles. The monoisotopic (exact) mass is 263 g/mol. The van der Waals surface area contributed by atoms with E-state index in [1.54, 1.807) is 0 Å². The lowest BCUT2D eigenvalue weighted by atomic mass is 10.1. The van der Waals surface area contributed by atoms with Gasteiger partial charge < -0.3 is 5.73 Å². The van der Waals surface area contributed by atoms with Crippen molar-refractivity contribution < 1.29 is 0 Å². The summed E-state index contributed by atoms with van der Waals surface area (Å²) in [5.74, 6) is 0. The minimum Gasteiger partial charge on any atom is -0.326 e. The summed E-state index contributed by atoms with van der Waals surface area (Å²) < 4.78 is 1.89. The molecule has 3 rings (SSSR count). The van der Waals surface area contributed by atoms with Crippen LogP contribution >= 0.6 is 0 Å². The van der Waals surface area contributed by atoms with Crippen molar-refractivity contribution in [3.63, 3.8) is 0 Å². The van der Waals surface area contributed by atoms with Gasteiger partial charge in [-0.2, -0.15) is 5.10 Å². The Bertz CT molecular complexity index is 714. The van der Waals surface area contributed by atoms with E-state index in [4.69, 9.17) is 5.73 Å². The van der Waals surface area contributed by atoms with Crippen LogP contribution in [0.1, 0.15) is 11.1 Å². The summed E-state index contributed by atoms with van der Waals surface area (Å²) in [6, 6.07) is 16.5. The zero-order valence-electron chi connectivity index (χ0n) is 11.5. The predicted molar refractivity (Wildman–Crippen MR) is 81.6 cm³/mol. The van der Waals surface area contributed by atoms with Gasteiger partial charge in [-0.3, -0.25) is 0 Å². The van der Waals surface area contributed by atoms with Crippen LogP contribution in [0.2, 0.25) is 0 Å². The molecular weight excluding hydrogens is 246 g/mol. The van der Waals surface area contributed by atoms with Gasteiger partial charge in [-0.05, 0) is 24.1 Å². The molecule has 3 nitrogen and oxygen atoms in total. The average molecular weight is 263 g/mol. The lowest BCUT2D eigenvalue weighted by Crippen LogP contribution is -2.05. The number of hydrogen-bond acceptors (Lipinski definition) is 2. The van der Waals surface area contributed by atoms with E-state index in [2.05, 4.69) is 42.4 Å². The molecule has 0 bridgehead atoms. The zero-order valence-corrected chi connectivity index (χ0v) is 11.5. The molecule has 2 aromatic carbocycles. The Morgan fingerprint density at radius 1 is 1.05 bits per heavy atom. The van der Waals surface area contributed by atoms with Gasteiger partial charge in [0.15, 0.2) is 0 Å². The fraction of sp³-hybridized carbons (Fsp3) is 0.118. The maximum Gasteiger partial charge on any atom is 0.0690 e. The van der Waals surface area contributed by atoms with Gasteiger partial charge in [0.05, 0.1) is 11.9 Å². The Morgan fingerprint density at radius 2 is 1.85 bits per heavy atom. The number of nitrogens with two attached hydrogens (primary N) is 1. The van der Waals surface area contributed by atoms with Crippen molar-refractivity contribution >= 4 is 0 Å². The van der Waals surface area contributed by atoms with Crippen LogP contribution in [0.25, 0.3) is 16.8 Å². The molecular formula is C17H17N3. The summed E-state index contributed by atoms with van der Waals surface area (Å²) in [6.07, 6.45) is 3.93. The fourth-order valence-electron chi connectivity index (χ4n) is 2.34. The van der Waals surface area contributed by atoms with Crippen molar-refractivity contribution in [3.05, 3.63) is 72.1 Å². The van der Waals surface area contributed by atoms with Crippen LogP contribution in [-0.4, -0.2) is 9.78 Å². The quantitative estimate of drug-likeness (QED) is 0.788. The first kappa shape index (κ1) is 12.6. The summed E-state index contributed by atoms with van der Waals surface area (Å²) in [5.41, 5.74) is 11.5. The predicted octanol–water partition coefficient (Wildman–Crippen LogP) is 3.31. The van der Waals surface area contributed by atoms with Crippen molar-refractivity contribution in [3.8, 4) is 16.8 Å². The summed E-state index contributed by atoms with van der Waals surface area (Å²) in [5, 5.41) is 4.46. The number of benzene rings is 2. The molecule has 0 amide bonds. The lowest BCUT2D eigenvalue weighted by molar-refractivity contribution is 0.857. The largest absolute Gasteiger partial charge is 0.326 e. The second kappa shape index (κ2) is 5.31. The summed E-state index contributed by atoms with van der Waals surface area (Å²) in [6.45, 7) is 2.58. The Kier molecular flexibility index (Phi) is 3.35. The molecule has 0 spiro atoms. The zero-order chi connectivity index (χ0) is 13.9. The van der Waals surface area contributed by atoms with Crippen molar-refractivity contribution in [2.75, 3.05) is 0 Å². The average Bonchev–Trinajstić information content (AvgIpc) is 2.97. The van der Waals surface area contributed by atoms with Crippen LogP contribution in [0.4, 0.5) is 0 Å². The molecule has 100 valence electrons. The van der Waals surface area contributed by atoms with Crippen molar-refractivity contribution in [2.45, 2.75) is 13.5 Å². The number of aromatic nitrogens is 2. The van der Waals surface area contributed by atoms with Gasteiger partial charge in [0, 0.05) is 18.3 Å². The molecule has 1 aromatic heterocycles. The van der Waals surface area contributed by atoms with E-state index in [1.807, 2.05) is 35.3 Å². The maximum atomic E-state index is 5.83. The molecule has 3 heteroatoms. The molecule has 0 aliphatic heterocycles. The molecule has 0 aliphatic rings. The van der Waals surface area contributed by atoms with Gasteiger partial charge in [-0.25, -0.2) is 4.68 Å². The van der Waals surface area contributed by atoms with E-state index < -0.39 is 0 Å². The van der Waals surface area contributed by atoms with Gasteiger partial charge in [0.1, 0.15) is 0 Å². The number of aryl methyl sites for hydroxylation is 1. The summed E-state index contributed by atoms with van der Waals surface area (Å²) in [7, 11) is 0. The maximum absolute atomic E-state index is 5.83. The van der Waals surface area contributed by atoms with Crippen LogP contribution in [0.15, 0.2) is 60.9 Å². The van der Waals surface area contributed by atoms with E-state index in [1.165, 1.54) is 11.1 Å². The molecule has 1 heterocycles. The second-order valence-corrected chi connectivity index (χ2v) is 4.88. The SMILES string of the molecule is Cc1ccc(-n2cc(-c3ccccc3)cn2)c(CN)c1. The molecule has 2 N–H and O–H groups in total. The number of hydrogen-bond donors (Lipinski definition) is 1. The highest BCUT2D eigenvalue weighted by Gasteiger charge is 2.07. The Balaban J connectivity index is 2.02. The second-order valence-electron chi connectivity index (χ2n) is 4.88. The van der Waals surface area contributed by atoms with Crippen LogP contribution in [0, 0.1) is 6.92 Å². The van der Waals surface area contributed by atoms with Gasteiger partial charge in [0.2, 0.25) is 0 Å². The minimum atomic E-state index is 0.511. The smallest absolute Gasteiger partial charge is 0.0690 e. The molecule has 0 saturated heterocycles. The lowest BCUT2D eigenvalue weighted by Gasteiger charge is -2.08. The molecule has 0 atom stereocenters. The van der Waals surface area contributed by atoms with E-state index in [0.29, 0.717) is 6.54 Å². The highest BCUT2D eigenvalue weighted by molar-refractivity contribution is 5.62. The number of rotatable bonds is 3. The normalized spacial score (nSPS) is 10.7. The van der Waals surface area contributed by atoms with Crippen molar-refractivity contribution in [2.24, 2.45) is 5.73 Å². The van der Waals surface area contributed by atoms with Crippen molar-refractivity contribution in [1.82, 2.24) is 9.78 Å². The molecule has 0 radical (unpaired) electrons.